The fourth-order valence-corrected chi connectivity index (χ4v) is 4.07. The Balaban J connectivity index is 2.51. The number of benzene rings is 2. The molecular weight excluding hydrogens is 316 g/mol. The second kappa shape index (κ2) is 5.71. The van der Waals surface area contributed by atoms with Gasteiger partial charge in [-0.3, -0.25) is 10.1 Å². The van der Waals surface area contributed by atoms with Crippen molar-refractivity contribution in [3.05, 3.63) is 63.2 Å². The maximum atomic E-state index is 12.4. The first kappa shape index (κ1) is 15.3. The van der Waals surface area contributed by atoms with E-state index in [1.807, 2.05) is 0 Å². The summed E-state index contributed by atoms with van der Waals surface area (Å²) in [5.41, 5.74) is 5.50. The van der Waals surface area contributed by atoms with Crippen LogP contribution in [0.15, 0.2) is 47.4 Å². The van der Waals surface area contributed by atoms with Crippen LogP contribution in [0.1, 0.15) is 5.56 Å². The molecule has 0 aliphatic heterocycles. The molecule has 0 aliphatic rings. The summed E-state index contributed by atoms with van der Waals surface area (Å²) >= 11 is 5.89. The van der Waals surface area contributed by atoms with Gasteiger partial charge in [0, 0.05) is 11.6 Å². The molecule has 0 atom stereocenters. The minimum Gasteiger partial charge on any atom is -0.398 e. The molecule has 0 unspecified atom stereocenters. The number of halogens is 1. The first-order chi connectivity index (χ1) is 9.83. The summed E-state index contributed by atoms with van der Waals surface area (Å²) in [5, 5.41) is 10.9. The van der Waals surface area contributed by atoms with E-state index in [4.69, 9.17) is 17.3 Å². The van der Waals surface area contributed by atoms with Crippen molar-refractivity contribution < 1.29 is 13.3 Å². The second-order valence-corrected chi connectivity index (χ2v) is 6.64. The predicted molar refractivity (Wildman–Crippen MR) is 79.9 cm³/mol. The van der Waals surface area contributed by atoms with Gasteiger partial charge in [-0.05, 0) is 12.1 Å². The Labute approximate surface area is 126 Å². The molecular formula is C13H11ClN2O4S. The zero-order chi connectivity index (χ0) is 15.6. The second-order valence-electron chi connectivity index (χ2n) is 4.30. The van der Waals surface area contributed by atoms with Crippen LogP contribution >= 0.6 is 11.6 Å². The van der Waals surface area contributed by atoms with Gasteiger partial charge in [0.15, 0.2) is 9.84 Å². The Morgan fingerprint density at radius 2 is 1.81 bits per heavy atom. The summed E-state index contributed by atoms with van der Waals surface area (Å²) in [7, 11) is -3.89. The highest BCUT2D eigenvalue weighted by atomic mass is 35.5. The number of nitro groups is 1. The third kappa shape index (κ3) is 3.14. The van der Waals surface area contributed by atoms with E-state index in [-0.39, 0.29) is 26.9 Å². The van der Waals surface area contributed by atoms with Crippen molar-refractivity contribution in [3.63, 3.8) is 0 Å². The van der Waals surface area contributed by atoms with Gasteiger partial charge in [-0.2, -0.15) is 0 Å². The molecule has 6 nitrogen and oxygen atoms in total. The van der Waals surface area contributed by atoms with Crippen LogP contribution in [0.3, 0.4) is 0 Å². The standard InChI is InChI=1S/C13H11ClN2O4S/c14-10-5-3-6-11(15)13(10)21(19,20)8-9-4-1-2-7-12(9)16(17)18/h1-7H,8,15H2. The number of nitrogen functional groups attached to an aromatic ring is 1. The summed E-state index contributed by atoms with van der Waals surface area (Å²) in [6, 6.07) is 10.00. The molecule has 2 N–H and O–H groups in total. The largest absolute Gasteiger partial charge is 0.398 e. The quantitative estimate of drug-likeness (QED) is 0.528. The molecule has 0 aromatic heterocycles. The molecule has 0 bridgehead atoms. The summed E-state index contributed by atoms with van der Waals surface area (Å²) in [5.74, 6) is -0.544. The lowest BCUT2D eigenvalue weighted by Crippen LogP contribution is -2.10. The molecule has 110 valence electrons. The van der Waals surface area contributed by atoms with E-state index in [1.165, 1.54) is 42.5 Å². The van der Waals surface area contributed by atoms with E-state index >= 15 is 0 Å². The Kier molecular flexibility index (Phi) is 4.15. The molecule has 0 radical (unpaired) electrons. The van der Waals surface area contributed by atoms with Gasteiger partial charge in [0.25, 0.3) is 5.69 Å². The molecule has 0 spiro atoms. The van der Waals surface area contributed by atoms with Gasteiger partial charge in [-0.1, -0.05) is 35.9 Å². The lowest BCUT2D eigenvalue weighted by Gasteiger charge is -2.09. The van der Waals surface area contributed by atoms with Crippen molar-refractivity contribution in [2.24, 2.45) is 0 Å². The first-order valence-electron chi connectivity index (χ1n) is 5.82. The highest BCUT2D eigenvalue weighted by Gasteiger charge is 2.25. The molecule has 0 heterocycles. The Bertz CT molecular complexity index is 785. The number of nitrogens with zero attached hydrogens (tertiary/aromatic N) is 1. The van der Waals surface area contributed by atoms with Crippen molar-refractivity contribution >= 4 is 32.8 Å². The highest BCUT2D eigenvalue weighted by Crippen LogP contribution is 2.31. The topological polar surface area (TPSA) is 103 Å². The SMILES string of the molecule is Nc1cccc(Cl)c1S(=O)(=O)Cc1ccccc1[N+](=O)[O-]. The summed E-state index contributed by atoms with van der Waals surface area (Å²) in [4.78, 5) is 10.1. The molecule has 2 aromatic rings. The van der Waals surface area contributed by atoms with Crippen LogP contribution in [0, 0.1) is 10.1 Å². The lowest BCUT2D eigenvalue weighted by atomic mass is 10.2. The number of nitrogens with two attached hydrogens (primary N) is 1. The normalized spacial score (nSPS) is 11.3. The third-order valence-corrected chi connectivity index (χ3v) is 5.04. The van der Waals surface area contributed by atoms with Gasteiger partial charge in [0.05, 0.1) is 21.4 Å². The molecule has 8 heteroatoms. The summed E-state index contributed by atoms with van der Waals surface area (Å²) in [6.07, 6.45) is 0. The molecule has 2 aromatic carbocycles. The predicted octanol–water partition coefficient (Wildman–Crippen LogP) is 2.80. The lowest BCUT2D eigenvalue weighted by molar-refractivity contribution is -0.385. The molecule has 0 saturated heterocycles. The van der Waals surface area contributed by atoms with Gasteiger partial charge in [0.2, 0.25) is 0 Å². The highest BCUT2D eigenvalue weighted by molar-refractivity contribution is 7.91. The fourth-order valence-electron chi connectivity index (χ4n) is 1.94. The van der Waals surface area contributed by atoms with Gasteiger partial charge in [0.1, 0.15) is 4.90 Å². The number of rotatable bonds is 4. The van der Waals surface area contributed by atoms with Crippen LogP contribution in [-0.4, -0.2) is 13.3 Å². The van der Waals surface area contributed by atoms with Gasteiger partial charge in [-0.25, -0.2) is 8.42 Å². The number of hydrogen-bond donors (Lipinski definition) is 1. The van der Waals surface area contributed by atoms with Gasteiger partial charge in [-0.15, -0.1) is 0 Å². The molecule has 2 rings (SSSR count). The van der Waals surface area contributed by atoms with E-state index in [9.17, 15) is 18.5 Å². The molecule has 0 amide bonds. The Morgan fingerprint density at radius 1 is 1.14 bits per heavy atom. The van der Waals surface area contributed by atoms with E-state index < -0.39 is 20.5 Å². The Morgan fingerprint density at radius 3 is 2.43 bits per heavy atom. The van der Waals surface area contributed by atoms with Crippen LogP contribution in [0.5, 0.6) is 0 Å². The van der Waals surface area contributed by atoms with Gasteiger partial charge < -0.3 is 5.73 Å². The third-order valence-electron chi connectivity index (χ3n) is 2.84. The number of hydrogen-bond acceptors (Lipinski definition) is 5. The minimum atomic E-state index is -3.89. The zero-order valence-electron chi connectivity index (χ0n) is 10.7. The van der Waals surface area contributed by atoms with Crippen molar-refractivity contribution in [1.82, 2.24) is 0 Å². The van der Waals surface area contributed by atoms with E-state index in [2.05, 4.69) is 0 Å². The van der Waals surface area contributed by atoms with Crippen molar-refractivity contribution in [2.45, 2.75) is 10.6 Å². The zero-order valence-corrected chi connectivity index (χ0v) is 12.3. The summed E-state index contributed by atoms with van der Waals surface area (Å²) < 4.78 is 24.9. The smallest absolute Gasteiger partial charge is 0.273 e. The number of anilines is 1. The molecule has 0 fully saturated rings. The fraction of sp³-hybridized carbons (Fsp3) is 0.0769. The average Bonchev–Trinajstić information content (AvgIpc) is 2.37. The summed E-state index contributed by atoms with van der Waals surface area (Å²) in [6.45, 7) is 0. The van der Waals surface area contributed by atoms with E-state index in [0.717, 1.165) is 0 Å². The first-order valence-corrected chi connectivity index (χ1v) is 7.85. The Hall–Kier alpha value is -2.12. The van der Waals surface area contributed by atoms with Crippen LogP contribution in [0.2, 0.25) is 5.02 Å². The van der Waals surface area contributed by atoms with Crippen molar-refractivity contribution in [1.29, 1.82) is 0 Å². The van der Waals surface area contributed by atoms with Crippen LogP contribution < -0.4 is 5.73 Å². The van der Waals surface area contributed by atoms with Crippen LogP contribution in [-0.2, 0) is 15.6 Å². The number of sulfone groups is 1. The molecule has 0 aliphatic carbocycles. The average molecular weight is 327 g/mol. The molecule has 0 saturated carbocycles. The monoisotopic (exact) mass is 326 g/mol. The maximum absolute atomic E-state index is 12.4. The number of para-hydroxylation sites is 1. The van der Waals surface area contributed by atoms with Crippen LogP contribution in [0.4, 0.5) is 11.4 Å². The molecule has 21 heavy (non-hydrogen) atoms. The van der Waals surface area contributed by atoms with E-state index in [0.29, 0.717) is 0 Å². The van der Waals surface area contributed by atoms with E-state index in [1.54, 1.807) is 0 Å². The van der Waals surface area contributed by atoms with Crippen LogP contribution in [0.25, 0.3) is 0 Å². The minimum absolute atomic E-state index is 0.00594. The van der Waals surface area contributed by atoms with Crippen molar-refractivity contribution in [2.75, 3.05) is 5.73 Å². The van der Waals surface area contributed by atoms with Crippen molar-refractivity contribution in [3.8, 4) is 0 Å². The maximum Gasteiger partial charge on any atom is 0.273 e. The van der Waals surface area contributed by atoms with Gasteiger partial charge >= 0.3 is 0 Å². The number of nitro benzene ring substituents is 1.